The molecule has 0 aromatic carbocycles. The maximum absolute atomic E-state index is 12.3. The SMILES string of the molecule is CC[C@H]1[C@@H](O)C2[C@@H]3CC[C@H]([C@H](C)CCOC(=O)NC4CCCCC4)C3(C)CC[C@@H]2C2(C)CC[C@@H](O)C[C@@H]12. The van der Waals surface area contributed by atoms with Gasteiger partial charge in [-0.1, -0.05) is 53.4 Å². The van der Waals surface area contributed by atoms with Gasteiger partial charge in [0.1, 0.15) is 0 Å². The minimum Gasteiger partial charge on any atom is -0.450 e. The Balaban J connectivity index is 1.22. The molecule has 1 amide bonds. The largest absolute Gasteiger partial charge is 0.450 e. The van der Waals surface area contributed by atoms with Crippen LogP contribution in [0.2, 0.25) is 0 Å². The van der Waals surface area contributed by atoms with Crippen LogP contribution in [0, 0.1) is 52.3 Å². The Hall–Kier alpha value is -0.810. The van der Waals surface area contributed by atoms with Gasteiger partial charge in [0.05, 0.1) is 18.8 Å². The minimum absolute atomic E-state index is 0.187. The number of carbonyl (C=O) groups is 1. The highest BCUT2D eigenvalue weighted by Gasteiger charge is 2.64. The molecule has 0 bridgehead atoms. The first-order valence-corrected chi connectivity index (χ1v) is 16.0. The highest BCUT2D eigenvalue weighted by Crippen LogP contribution is 2.69. The molecule has 0 spiro atoms. The van der Waals surface area contributed by atoms with E-state index in [1.807, 2.05) is 0 Å². The molecule has 3 unspecified atom stereocenters. The summed E-state index contributed by atoms with van der Waals surface area (Å²) in [4.78, 5) is 12.3. The lowest BCUT2D eigenvalue weighted by Crippen LogP contribution is -2.62. The number of hydrogen-bond donors (Lipinski definition) is 3. The second kappa shape index (κ2) is 11.0. The van der Waals surface area contributed by atoms with Crippen molar-refractivity contribution in [1.82, 2.24) is 5.32 Å². The number of fused-ring (bicyclic) bond motifs is 5. The third-order valence-corrected chi connectivity index (χ3v) is 12.9. The van der Waals surface area contributed by atoms with Gasteiger partial charge >= 0.3 is 6.09 Å². The van der Waals surface area contributed by atoms with E-state index in [4.69, 9.17) is 4.74 Å². The number of ether oxygens (including phenoxy) is 1. The third-order valence-electron chi connectivity index (χ3n) is 12.9. The van der Waals surface area contributed by atoms with E-state index in [1.54, 1.807) is 0 Å². The molecule has 0 aromatic heterocycles. The Morgan fingerprint density at radius 1 is 0.946 bits per heavy atom. The number of carbonyl (C=O) groups excluding carboxylic acids is 1. The van der Waals surface area contributed by atoms with E-state index in [0.717, 1.165) is 44.9 Å². The van der Waals surface area contributed by atoms with E-state index in [9.17, 15) is 15.0 Å². The lowest BCUT2D eigenvalue weighted by molar-refractivity contribution is -0.203. The first kappa shape index (κ1) is 27.7. The first-order chi connectivity index (χ1) is 17.7. The lowest BCUT2D eigenvalue weighted by Gasteiger charge is -2.64. The Kier molecular flexibility index (Phi) is 8.24. The van der Waals surface area contributed by atoms with Gasteiger partial charge < -0.3 is 20.3 Å². The molecular formula is C32H55NO4. The van der Waals surface area contributed by atoms with E-state index in [0.29, 0.717) is 54.1 Å². The fourth-order valence-corrected chi connectivity index (χ4v) is 10.9. The molecule has 5 fully saturated rings. The van der Waals surface area contributed by atoms with Crippen molar-refractivity contribution in [2.45, 2.75) is 136 Å². The number of aliphatic hydroxyl groups excluding tert-OH is 2. The monoisotopic (exact) mass is 517 g/mol. The van der Waals surface area contributed by atoms with E-state index in [1.165, 1.54) is 44.9 Å². The number of rotatable bonds is 6. The molecule has 3 N–H and O–H groups in total. The van der Waals surface area contributed by atoms with Crippen LogP contribution in [-0.2, 0) is 4.74 Å². The third kappa shape index (κ3) is 4.98. The topological polar surface area (TPSA) is 78.8 Å². The molecule has 0 aliphatic heterocycles. The Bertz CT molecular complexity index is 798. The number of aliphatic hydroxyl groups is 2. The molecule has 212 valence electrons. The molecule has 5 aliphatic carbocycles. The minimum atomic E-state index is -0.233. The molecule has 5 saturated carbocycles. The van der Waals surface area contributed by atoms with Crippen molar-refractivity contribution < 1.29 is 19.7 Å². The van der Waals surface area contributed by atoms with Crippen molar-refractivity contribution in [3.8, 4) is 0 Å². The molecule has 37 heavy (non-hydrogen) atoms. The normalized spacial score (nSPS) is 46.9. The maximum Gasteiger partial charge on any atom is 0.407 e. The van der Waals surface area contributed by atoms with Crippen molar-refractivity contribution in [2.24, 2.45) is 52.3 Å². The summed E-state index contributed by atoms with van der Waals surface area (Å²) in [6, 6.07) is 0.297. The molecule has 5 nitrogen and oxygen atoms in total. The summed E-state index contributed by atoms with van der Waals surface area (Å²) in [5.74, 6) is 3.49. The summed E-state index contributed by atoms with van der Waals surface area (Å²) in [5, 5.41) is 25.5. The first-order valence-electron chi connectivity index (χ1n) is 16.0. The molecule has 0 heterocycles. The van der Waals surface area contributed by atoms with Gasteiger partial charge in [0, 0.05) is 6.04 Å². The zero-order valence-corrected chi connectivity index (χ0v) is 24.1. The summed E-state index contributed by atoms with van der Waals surface area (Å²) in [6.45, 7) is 10.2. The number of amides is 1. The maximum atomic E-state index is 12.3. The van der Waals surface area contributed by atoms with Gasteiger partial charge in [-0.2, -0.15) is 0 Å². The molecule has 5 rings (SSSR count). The Labute approximate surface area is 225 Å². The van der Waals surface area contributed by atoms with E-state index in [2.05, 4.69) is 33.0 Å². The summed E-state index contributed by atoms with van der Waals surface area (Å²) < 4.78 is 5.65. The fraction of sp³-hybridized carbons (Fsp3) is 0.969. The van der Waals surface area contributed by atoms with Crippen LogP contribution >= 0.6 is 0 Å². The predicted octanol–water partition coefficient (Wildman–Crippen LogP) is 6.70. The molecule has 0 saturated heterocycles. The van der Waals surface area contributed by atoms with Crippen LogP contribution in [0.15, 0.2) is 0 Å². The van der Waals surface area contributed by atoms with Gasteiger partial charge in [-0.15, -0.1) is 0 Å². The summed E-state index contributed by atoms with van der Waals surface area (Å²) in [5.41, 5.74) is 0.524. The predicted molar refractivity (Wildman–Crippen MR) is 147 cm³/mol. The number of nitrogens with one attached hydrogen (secondary N) is 1. The standard InChI is InChI=1S/C32H55NO4/c1-5-23-27-19-22(34)13-16-32(27,4)26-14-17-31(3)24(11-12-25(31)28(26)29(23)35)20(2)15-18-37-30(36)33-21-9-7-6-8-10-21/h20-29,34-35H,5-19H2,1-4H3,(H,33,36)/t20-,22-,23-,24-,25+,26+,27+,28?,29-,31?,32?/m1/s1. The van der Waals surface area contributed by atoms with Gasteiger partial charge in [-0.25, -0.2) is 4.79 Å². The zero-order valence-electron chi connectivity index (χ0n) is 24.1. The molecule has 5 heteroatoms. The summed E-state index contributed by atoms with van der Waals surface area (Å²) >= 11 is 0. The Morgan fingerprint density at radius 2 is 1.65 bits per heavy atom. The number of hydrogen-bond acceptors (Lipinski definition) is 4. The van der Waals surface area contributed by atoms with Crippen LogP contribution < -0.4 is 5.32 Å². The van der Waals surface area contributed by atoms with E-state index in [-0.39, 0.29) is 29.1 Å². The molecule has 0 aromatic rings. The zero-order chi connectivity index (χ0) is 26.4. The van der Waals surface area contributed by atoms with E-state index < -0.39 is 0 Å². The van der Waals surface area contributed by atoms with Gasteiger partial charge in [0.15, 0.2) is 0 Å². The average molecular weight is 518 g/mol. The van der Waals surface area contributed by atoms with Crippen LogP contribution in [0.1, 0.15) is 118 Å². The van der Waals surface area contributed by atoms with Crippen LogP contribution in [-0.4, -0.2) is 41.2 Å². The Morgan fingerprint density at radius 3 is 2.38 bits per heavy atom. The van der Waals surface area contributed by atoms with Crippen molar-refractivity contribution >= 4 is 6.09 Å². The summed E-state index contributed by atoms with van der Waals surface area (Å²) in [7, 11) is 0. The highest BCUT2D eigenvalue weighted by atomic mass is 16.5. The fourth-order valence-electron chi connectivity index (χ4n) is 10.9. The van der Waals surface area contributed by atoms with Crippen LogP contribution in [0.4, 0.5) is 4.79 Å². The molecular weight excluding hydrogens is 462 g/mol. The quantitative estimate of drug-likeness (QED) is 0.366. The van der Waals surface area contributed by atoms with Crippen LogP contribution in [0.3, 0.4) is 0 Å². The molecule has 11 atom stereocenters. The van der Waals surface area contributed by atoms with Crippen molar-refractivity contribution in [2.75, 3.05) is 6.61 Å². The van der Waals surface area contributed by atoms with E-state index >= 15 is 0 Å². The lowest BCUT2D eigenvalue weighted by atomic mass is 9.41. The number of alkyl carbamates (subject to hydrolysis) is 1. The summed E-state index contributed by atoms with van der Waals surface area (Å²) in [6.07, 6.45) is 15.0. The van der Waals surface area contributed by atoms with Gasteiger partial charge in [0.2, 0.25) is 0 Å². The van der Waals surface area contributed by atoms with Gasteiger partial charge in [-0.05, 0) is 116 Å². The molecule has 5 aliphatic rings. The second-order valence-electron chi connectivity index (χ2n) is 14.5. The van der Waals surface area contributed by atoms with Crippen LogP contribution in [0.5, 0.6) is 0 Å². The molecule has 0 radical (unpaired) electrons. The van der Waals surface area contributed by atoms with Gasteiger partial charge in [0.25, 0.3) is 0 Å². The van der Waals surface area contributed by atoms with Gasteiger partial charge in [-0.3, -0.25) is 0 Å². The van der Waals surface area contributed by atoms with Crippen molar-refractivity contribution in [3.63, 3.8) is 0 Å². The average Bonchev–Trinajstić information content (AvgIpc) is 3.23. The van der Waals surface area contributed by atoms with Crippen molar-refractivity contribution in [1.29, 1.82) is 0 Å². The van der Waals surface area contributed by atoms with Crippen LogP contribution in [0.25, 0.3) is 0 Å². The highest BCUT2D eigenvalue weighted by molar-refractivity contribution is 5.67. The second-order valence-corrected chi connectivity index (χ2v) is 14.5. The smallest absolute Gasteiger partial charge is 0.407 e. The van der Waals surface area contributed by atoms with Crippen molar-refractivity contribution in [3.05, 3.63) is 0 Å².